The monoisotopic (exact) mass is 557 g/mol. The van der Waals surface area contributed by atoms with E-state index in [4.69, 9.17) is 16.1 Å². The van der Waals surface area contributed by atoms with Gasteiger partial charge in [-0.3, -0.25) is 4.68 Å². The Morgan fingerprint density at radius 3 is 2.58 bits per heavy atom. The van der Waals surface area contributed by atoms with Crippen molar-refractivity contribution in [3.63, 3.8) is 0 Å². The lowest BCUT2D eigenvalue weighted by Crippen LogP contribution is -2.43. The molecule has 0 saturated carbocycles. The molecule has 0 aliphatic carbocycles. The molecule has 31 heavy (non-hydrogen) atoms. The number of aryl methyl sites for hydroxylation is 2. The van der Waals surface area contributed by atoms with Crippen molar-refractivity contribution in [1.82, 2.24) is 30.6 Å². The average molecular weight is 558 g/mol. The summed E-state index contributed by atoms with van der Waals surface area (Å²) in [6.45, 7) is 9.33. The Balaban J connectivity index is 0.00000341. The lowest BCUT2D eigenvalue weighted by atomic mass is 10.1. The number of nitrogens with zero attached hydrogens (tertiary/aromatic N) is 5. The molecule has 0 radical (unpaired) electrons. The van der Waals surface area contributed by atoms with E-state index in [2.05, 4.69) is 44.7 Å². The van der Waals surface area contributed by atoms with Crippen molar-refractivity contribution < 1.29 is 4.52 Å². The first-order chi connectivity index (χ1) is 14.4. The number of guanidine groups is 1. The molecule has 3 aromatic rings. The van der Waals surface area contributed by atoms with Crippen molar-refractivity contribution in [1.29, 1.82) is 0 Å². The minimum absolute atomic E-state index is 0. The van der Waals surface area contributed by atoms with E-state index in [1.54, 1.807) is 12.1 Å². The van der Waals surface area contributed by atoms with Crippen LogP contribution in [0.25, 0.3) is 11.4 Å². The molecule has 0 saturated heterocycles. The maximum Gasteiger partial charge on any atom is 0.248 e. The quantitative estimate of drug-likeness (QED) is 0.259. The van der Waals surface area contributed by atoms with E-state index >= 15 is 0 Å². The van der Waals surface area contributed by atoms with Crippen molar-refractivity contribution in [3.8, 4) is 11.4 Å². The van der Waals surface area contributed by atoms with Gasteiger partial charge in [0, 0.05) is 35.9 Å². The highest BCUT2D eigenvalue weighted by molar-refractivity contribution is 14.0. The summed E-state index contributed by atoms with van der Waals surface area (Å²) in [5.41, 5.74) is 4.35. The highest BCUT2D eigenvalue weighted by Gasteiger charge is 2.14. The van der Waals surface area contributed by atoms with Gasteiger partial charge >= 0.3 is 0 Å². The molecule has 2 N–H and O–H groups in total. The molecule has 3 rings (SSSR count). The summed E-state index contributed by atoms with van der Waals surface area (Å²) in [5, 5.41) is 15.9. The van der Waals surface area contributed by atoms with Gasteiger partial charge in [0.2, 0.25) is 11.7 Å². The summed E-state index contributed by atoms with van der Waals surface area (Å²) >= 11 is 5.93. The molecule has 0 aliphatic heterocycles. The fraction of sp³-hybridized carbons (Fsp3) is 0.429. The molecule has 0 aliphatic rings. The normalized spacial score (nSPS) is 12.4. The van der Waals surface area contributed by atoms with Gasteiger partial charge in [0.25, 0.3) is 0 Å². The van der Waals surface area contributed by atoms with Gasteiger partial charge in [-0.05, 0) is 63.9 Å². The van der Waals surface area contributed by atoms with E-state index in [9.17, 15) is 0 Å². The predicted molar refractivity (Wildman–Crippen MR) is 134 cm³/mol. The molecule has 1 atom stereocenters. The highest BCUT2D eigenvalue weighted by Crippen LogP contribution is 2.19. The van der Waals surface area contributed by atoms with Crippen LogP contribution in [0.3, 0.4) is 0 Å². The maximum absolute atomic E-state index is 5.93. The standard InChI is InChI=1S/C21H28ClN7O.HI/c1-6-23-21(25-13(2)11-18-14(3)27-29(5)15(18)4)24-12-19-26-20(28-30-19)16-7-9-17(22)10-8-16;/h7-10,13H,6,11-12H2,1-5H3,(H2,23,24,25);1H. The summed E-state index contributed by atoms with van der Waals surface area (Å²) in [6.07, 6.45) is 0.858. The molecule has 1 aromatic carbocycles. The lowest BCUT2D eigenvalue weighted by Gasteiger charge is -2.18. The largest absolute Gasteiger partial charge is 0.357 e. The van der Waals surface area contributed by atoms with E-state index < -0.39 is 0 Å². The molecule has 2 aromatic heterocycles. The lowest BCUT2D eigenvalue weighted by molar-refractivity contribution is 0.380. The van der Waals surface area contributed by atoms with Gasteiger partial charge in [0.1, 0.15) is 6.54 Å². The number of hydrogen-bond donors (Lipinski definition) is 2. The number of rotatable bonds is 7. The smallest absolute Gasteiger partial charge is 0.248 e. The Morgan fingerprint density at radius 1 is 1.26 bits per heavy atom. The van der Waals surface area contributed by atoms with Gasteiger partial charge in [-0.15, -0.1) is 24.0 Å². The van der Waals surface area contributed by atoms with Crippen molar-refractivity contribution in [2.24, 2.45) is 12.0 Å². The van der Waals surface area contributed by atoms with Crippen LogP contribution in [0.4, 0.5) is 0 Å². The Hall–Kier alpha value is -2.14. The van der Waals surface area contributed by atoms with Crippen LogP contribution in [0.15, 0.2) is 33.8 Å². The van der Waals surface area contributed by atoms with E-state index in [1.165, 1.54) is 11.3 Å². The van der Waals surface area contributed by atoms with Gasteiger partial charge in [-0.25, -0.2) is 4.99 Å². The van der Waals surface area contributed by atoms with Crippen molar-refractivity contribution >= 4 is 41.5 Å². The molecular formula is C21H29ClIN7O. The van der Waals surface area contributed by atoms with Crippen LogP contribution in [0.2, 0.25) is 5.02 Å². The Kier molecular flexibility index (Phi) is 9.30. The Bertz CT molecular complexity index is 1010. The summed E-state index contributed by atoms with van der Waals surface area (Å²) in [7, 11) is 1.97. The summed E-state index contributed by atoms with van der Waals surface area (Å²) in [4.78, 5) is 9.01. The van der Waals surface area contributed by atoms with E-state index in [0.29, 0.717) is 22.7 Å². The van der Waals surface area contributed by atoms with Crippen LogP contribution in [0, 0.1) is 13.8 Å². The molecular weight excluding hydrogens is 529 g/mol. The second-order valence-electron chi connectivity index (χ2n) is 7.24. The fourth-order valence-electron chi connectivity index (χ4n) is 3.21. The summed E-state index contributed by atoms with van der Waals surface area (Å²) < 4.78 is 7.27. The molecule has 10 heteroatoms. The minimum atomic E-state index is 0. The van der Waals surface area contributed by atoms with Gasteiger partial charge in [-0.1, -0.05) is 16.8 Å². The van der Waals surface area contributed by atoms with Crippen LogP contribution >= 0.6 is 35.6 Å². The average Bonchev–Trinajstić information content (AvgIpc) is 3.27. The number of aromatic nitrogens is 4. The minimum Gasteiger partial charge on any atom is -0.357 e. The van der Waals surface area contributed by atoms with Crippen LogP contribution in [0.1, 0.15) is 36.7 Å². The second kappa shape index (κ2) is 11.5. The molecule has 0 fully saturated rings. The maximum atomic E-state index is 5.93. The first kappa shape index (κ1) is 25.1. The molecule has 0 spiro atoms. The first-order valence-corrected chi connectivity index (χ1v) is 10.4. The van der Waals surface area contributed by atoms with Crippen molar-refractivity contribution in [2.45, 2.75) is 46.7 Å². The third-order valence-electron chi connectivity index (χ3n) is 4.84. The molecule has 8 nitrogen and oxygen atoms in total. The van der Waals surface area contributed by atoms with E-state index in [-0.39, 0.29) is 36.6 Å². The summed E-state index contributed by atoms with van der Waals surface area (Å²) in [5.74, 6) is 1.67. The topological polar surface area (TPSA) is 93.2 Å². The molecule has 2 heterocycles. The van der Waals surface area contributed by atoms with Gasteiger partial charge in [0.15, 0.2) is 5.96 Å². The van der Waals surface area contributed by atoms with Gasteiger partial charge < -0.3 is 15.2 Å². The van der Waals surface area contributed by atoms with Crippen molar-refractivity contribution in [2.75, 3.05) is 6.54 Å². The number of hydrogen-bond acceptors (Lipinski definition) is 5. The molecule has 0 amide bonds. The molecule has 168 valence electrons. The SMILES string of the molecule is CCNC(=NCc1nc(-c2ccc(Cl)cc2)no1)NC(C)Cc1c(C)nn(C)c1C.I. The van der Waals surface area contributed by atoms with Gasteiger partial charge in [-0.2, -0.15) is 10.1 Å². The molecule has 1 unspecified atom stereocenters. The fourth-order valence-corrected chi connectivity index (χ4v) is 3.33. The zero-order valence-corrected chi connectivity index (χ0v) is 21.5. The third-order valence-corrected chi connectivity index (χ3v) is 5.09. The Morgan fingerprint density at radius 2 is 1.97 bits per heavy atom. The zero-order valence-electron chi connectivity index (χ0n) is 18.4. The van der Waals surface area contributed by atoms with Crippen LogP contribution < -0.4 is 10.6 Å². The number of benzene rings is 1. The second-order valence-corrected chi connectivity index (χ2v) is 7.67. The first-order valence-electron chi connectivity index (χ1n) is 9.99. The summed E-state index contributed by atoms with van der Waals surface area (Å²) in [6, 6.07) is 7.49. The van der Waals surface area contributed by atoms with E-state index in [1.807, 2.05) is 37.7 Å². The highest BCUT2D eigenvalue weighted by atomic mass is 127. The third kappa shape index (κ3) is 6.67. The van der Waals surface area contributed by atoms with Gasteiger partial charge in [0.05, 0.1) is 5.69 Å². The number of nitrogens with one attached hydrogen (secondary N) is 2. The van der Waals surface area contributed by atoms with Crippen LogP contribution in [-0.4, -0.2) is 38.5 Å². The van der Waals surface area contributed by atoms with Crippen LogP contribution in [-0.2, 0) is 20.0 Å². The Labute approximate surface area is 204 Å². The molecule has 0 bridgehead atoms. The van der Waals surface area contributed by atoms with Crippen LogP contribution in [0.5, 0.6) is 0 Å². The van der Waals surface area contributed by atoms with E-state index in [0.717, 1.165) is 24.2 Å². The number of aliphatic imine (C=N–C) groups is 1. The zero-order chi connectivity index (χ0) is 21.7. The van der Waals surface area contributed by atoms with Crippen molar-refractivity contribution in [3.05, 3.63) is 52.1 Å². The number of halogens is 2. The predicted octanol–water partition coefficient (Wildman–Crippen LogP) is 4.04.